The molecule has 0 aliphatic heterocycles. The van der Waals surface area contributed by atoms with Crippen molar-refractivity contribution < 1.29 is 17.9 Å². The fourth-order valence-electron chi connectivity index (χ4n) is 3.11. The molecule has 0 saturated heterocycles. The average molecular weight is 426 g/mol. The predicted octanol–water partition coefficient (Wildman–Crippen LogP) is 4.50. The van der Waals surface area contributed by atoms with Crippen molar-refractivity contribution in [1.29, 1.82) is 0 Å². The first-order valence-electron chi connectivity index (χ1n) is 9.42. The van der Waals surface area contributed by atoms with Crippen molar-refractivity contribution >= 4 is 0 Å². The lowest BCUT2D eigenvalue weighted by Crippen LogP contribution is -2.19. The summed E-state index contributed by atoms with van der Waals surface area (Å²) in [6.07, 6.45) is -1.70. The molecule has 0 bridgehead atoms. The second-order valence-corrected chi connectivity index (χ2v) is 6.56. The van der Waals surface area contributed by atoms with E-state index in [9.17, 15) is 18.0 Å². The van der Waals surface area contributed by atoms with Gasteiger partial charge in [0.05, 0.1) is 41.6 Å². The summed E-state index contributed by atoms with van der Waals surface area (Å²) in [6, 6.07) is 15.4. The molecule has 0 saturated carbocycles. The molecule has 0 amide bonds. The number of alkyl halides is 3. The molecule has 4 rings (SSSR count). The van der Waals surface area contributed by atoms with Gasteiger partial charge in [-0.3, -0.25) is 4.79 Å². The Bertz CT molecular complexity index is 1260. The van der Waals surface area contributed by atoms with E-state index in [0.717, 1.165) is 12.1 Å². The van der Waals surface area contributed by atoms with Crippen molar-refractivity contribution in [3.05, 3.63) is 88.8 Å². The van der Waals surface area contributed by atoms with Gasteiger partial charge in [0, 0.05) is 0 Å². The molecule has 2 heterocycles. The highest BCUT2D eigenvalue weighted by molar-refractivity contribution is 5.59. The molecule has 158 valence electrons. The number of nitrogens with zero attached hydrogens (tertiary/aromatic N) is 4. The van der Waals surface area contributed by atoms with Crippen LogP contribution in [0.4, 0.5) is 13.2 Å². The largest absolute Gasteiger partial charge is 0.488 e. The fourth-order valence-corrected chi connectivity index (χ4v) is 3.11. The number of hydrogen-bond acceptors (Lipinski definition) is 4. The number of para-hydroxylation sites is 1. The number of rotatable bonds is 5. The summed E-state index contributed by atoms with van der Waals surface area (Å²) in [5.41, 5.74) is -0.0655. The summed E-state index contributed by atoms with van der Waals surface area (Å²) in [7, 11) is 0. The van der Waals surface area contributed by atoms with Crippen LogP contribution in [0.5, 0.6) is 5.75 Å². The molecule has 0 aliphatic carbocycles. The highest BCUT2D eigenvalue weighted by Gasteiger charge is 2.30. The average Bonchev–Trinajstić information content (AvgIpc) is 3.25. The fraction of sp³-hybridized carbons (Fsp3) is 0.136. The van der Waals surface area contributed by atoms with Crippen LogP contribution in [-0.2, 0) is 6.18 Å². The summed E-state index contributed by atoms with van der Waals surface area (Å²) in [6.45, 7) is 1.92. The van der Waals surface area contributed by atoms with Gasteiger partial charge in [0.25, 0.3) is 5.43 Å². The first-order valence-corrected chi connectivity index (χ1v) is 9.42. The zero-order valence-electron chi connectivity index (χ0n) is 16.4. The zero-order valence-corrected chi connectivity index (χ0v) is 16.4. The van der Waals surface area contributed by atoms with Crippen molar-refractivity contribution in [2.45, 2.75) is 13.1 Å². The third-order valence-electron chi connectivity index (χ3n) is 4.51. The van der Waals surface area contributed by atoms with Crippen molar-refractivity contribution in [2.75, 3.05) is 6.61 Å². The molecule has 0 unspecified atom stereocenters. The molecule has 0 N–H and O–H groups in total. The predicted molar refractivity (Wildman–Crippen MR) is 109 cm³/mol. The summed E-state index contributed by atoms with van der Waals surface area (Å²) < 4.78 is 47.7. The van der Waals surface area contributed by atoms with Gasteiger partial charge in [0.1, 0.15) is 0 Å². The van der Waals surface area contributed by atoms with E-state index in [-0.39, 0.29) is 23.7 Å². The van der Waals surface area contributed by atoms with Crippen molar-refractivity contribution in [1.82, 2.24) is 19.6 Å². The Hall–Kier alpha value is -3.88. The van der Waals surface area contributed by atoms with Crippen molar-refractivity contribution in [3.63, 3.8) is 0 Å². The van der Waals surface area contributed by atoms with Gasteiger partial charge in [-0.1, -0.05) is 24.3 Å². The Kier molecular flexibility index (Phi) is 5.33. The molecule has 0 fully saturated rings. The summed E-state index contributed by atoms with van der Waals surface area (Å²) in [5.74, 6) is -0.0225. The lowest BCUT2D eigenvalue weighted by atomic mass is 10.2. The van der Waals surface area contributed by atoms with E-state index in [2.05, 4.69) is 10.2 Å². The van der Waals surface area contributed by atoms with Crippen LogP contribution >= 0.6 is 0 Å². The monoisotopic (exact) mass is 426 g/mol. The van der Waals surface area contributed by atoms with Gasteiger partial charge >= 0.3 is 6.18 Å². The molecule has 0 atom stereocenters. The minimum Gasteiger partial charge on any atom is -0.488 e. The Balaban J connectivity index is 1.91. The van der Waals surface area contributed by atoms with Crippen molar-refractivity contribution in [2.24, 2.45) is 0 Å². The van der Waals surface area contributed by atoms with E-state index >= 15 is 0 Å². The van der Waals surface area contributed by atoms with Crippen LogP contribution in [0.2, 0.25) is 0 Å². The topological polar surface area (TPSA) is 61.9 Å². The highest BCUT2D eigenvalue weighted by atomic mass is 19.4. The molecular weight excluding hydrogens is 409 g/mol. The normalized spacial score (nSPS) is 11.5. The second-order valence-electron chi connectivity index (χ2n) is 6.56. The minimum absolute atomic E-state index is 0.00437. The summed E-state index contributed by atoms with van der Waals surface area (Å²) in [5, 5.41) is 8.60. The third kappa shape index (κ3) is 4.07. The Morgan fingerprint density at radius 3 is 2.45 bits per heavy atom. The van der Waals surface area contributed by atoms with Crippen LogP contribution in [-0.4, -0.2) is 26.2 Å². The van der Waals surface area contributed by atoms with Crippen LogP contribution in [0, 0.1) is 0 Å². The van der Waals surface area contributed by atoms with Crippen LogP contribution in [0.1, 0.15) is 12.5 Å². The Morgan fingerprint density at radius 2 is 1.74 bits per heavy atom. The van der Waals surface area contributed by atoms with Crippen LogP contribution in [0.15, 0.2) is 77.9 Å². The van der Waals surface area contributed by atoms with Gasteiger partial charge in [-0.25, -0.2) is 9.36 Å². The number of benzene rings is 2. The van der Waals surface area contributed by atoms with Gasteiger partial charge < -0.3 is 4.74 Å². The van der Waals surface area contributed by atoms with Gasteiger partial charge in [-0.15, -0.1) is 0 Å². The van der Waals surface area contributed by atoms with Crippen molar-refractivity contribution in [3.8, 4) is 28.5 Å². The molecule has 2 aromatic carbocycles. The van der Waals surface area contributed by atoms with Gasteiger partial charge in [0.15, 0.2) is 11.4 Å². The lowest BCUT2D eigenvalue weighted by Gasteiger charge is -2.14. The highest BCUT2D eigenvalue weighted by Crippen LogP contribution is 2.30. The molecule has 0 spiro atoms. The van der Waals surface area contributed by atoms with E-state index in [4.69, 9.17) is 4.74 Å². The number of hydrogen-bond donors (Lipinski definition) is 0. The van der Waals surface area contributed by atoms with Crippen LogP contribution in [0.25, 0.3) is 22.8 Å². The minimum atomic E-state index is -4.51. The standard InChI is InChI=1S/C22H17F3N4O2/c1-2-31-19-14-28(17-10-6-7-15(13-17)22(23,24)25)27-20(21(19)30)18-11-12-26-29(18)16-8-4-3-5-9-16/h3-14H,2H2,1H3. The van der Waals surface area contributed by atoms with Gasteiger partial charge in [0.2, 0.25) is 0 Å². The molecular formula is C22H17F3N4O2. The Morgan fingerprint density at radius 1 is 1.00 bits per heavy atom. The maximum atomic E-state index is 13.2. The molecule has 6 nitrogen and oxygen atoms in total. The number of aromatic nitrogens is 4. The first-order chi connectivity index (χ1) is 14.9. The number of halogens is 3. The van der Waals surface area contributed by atoms with E-state index in [0.29, 0.717) is 11.4 Å². The molecule has 31 heavy (non-hydrogen) atoms. The third-order valence-corrected chi connectivity index (χ3v) is 4.51. The zero-order chi connectivity index (χ0) is 22.0. The van der Waals surface area contributed by atoms with Gasteiger partial charge in [-0.05, 0) is 43.3 Å². The van der Waals surface area contributed by atoms with Gasteiger partial charge in [-0.2, -0.15) is 23.4 Å². The smallest absolute Gasteiger partial charge is 0.416 e. The van der Waals surface area contributed by atoms with E-state index in [1.807, 2.05) is 30.3 Å². The number of ether oxygens (including phenoxy) is 1. The quantitative estimate of drug-likeness (QED) is 0.471. The van der Waals surface area contributed by atoms with Crippen LogP contribution in [0.3, 0.4) is 0 Å². The van der Waals surface area contributed by atoms with E-state index in [1.54, 1.807) is 13.0 Å². The molecule has 4 aromatic rings. The van der Waals surface area contributed by atoms with E-state index < -0.39 is 17.2 Å². The maximum Gasteiger partial charge on any atom is 0.416 e. The first kappa shape index (κ1) is 20.4. The molecule has 9 heteroatoms. The second kappa shape index (κ2) is 8.10. The van der Waals surface area contributed by atoms with Crippen LogP contribution < -0.4 is 10.2 Å². The SMILES string of the molecule is CCOc1cn(-c2cccc(C(F)(F)F)c2)nc(-c2ccnn2-c2ccccc2)c1=O. The summed E-state index contributed by atoms with van der Waals surface area (Å²) >= 11 is 0. The molecule has 0 radical (unpaired) electrons. The lowest BCUT2D eigenvalue weighted by molar-refractivity contribution is -0.137. The molecule has 2 aromatic heterocycles. The maximum absolute atomic E-state index is 13.2. The summed E-state index contributed by atoms with van der Waals surface area (Å²) in [4.78, 5) is 13.0. The Labute approximate surface area is 175 Å². The van der Waals surface area contributed by atoms with E-state index in [1.165, 1.54) is 33.9 Å². The molecule has 0 aliphatic rings.